The van der Waals surface area contributed by atoms with Gasteiger partial charge in [0.15, 0.2) is 0 Å². The van der Waals surface area contributed by atoms with Gasteiger partial charge in [-0.3, -0.25) is 0 Å². The molecule has 0 aromatic heterocycles. The third-order valence-corrected chi connectivity index (χ3v) is 2.43. The first-order valence-corrected chi connectivity index (χ1v) is 6.44. The summed E-state index contributed by atoms with van der Waals surface area (Å²) in [6.45, 7) is 6.68. The Hall–Kier alpha value is -0.420. The van der Waals surface area contributed by atoms with Crippen molar-refractivity contribution in [2.45, 2.75) is 26.4 Å². The molecule has 0 saturated heterocycles. The fourth-order valence-electron chi connectivity index (χ4n) is 1.08. The number of ether oxygens (including phenoxy) is 1. The normalized spacial score (nSPS) is 14.0. The molecule has 0 aliphatic rings. The molecule has 1 N–H and O–H groups in total. The summed E-state index contributed by atoms with van der Waals surface area (Å²) >= 11 is 4.18. The molecular formula is C11H25N3OS. The second kappa shape index (κ2) is 9.78. The Labute approximate surface area is 105 Å². The minimum absolute atomic E-state index is 0.0926. The monoisotopic (exact) mass is 247 g/mol. The largest absolute Gasteiger partial charge is 0.461 e. The highest BCUT2D eigenvalue weighted by atomic mass is 32.1. The van der Waals surface area contributed by atoms with Crippen LogP contribution in [0.1, 0.15) is 20.3 Å². The Kier molecular flexibility index (Phi) is 9.52. The van der Waals surface area contributed by atoms with Crippen molar-refractivity contribution in [1.82, 2.24) is 10.2 Å². The van der Waals surface area contributed by atoms with Crippen molar-refractivity contribution in [2.75, 3.05) is 39.5 Å². The van der Waals surface area contributed by atoms with Crippen LogP contribution >= 0.6 is 12.6 Å². The van der Waals surface area contributed by atoms with Gasteiger partial charge in [-0.25, -0.2) is 4.99 Å². The molecule has 96 valence electrons. The fourth-order valence-corrected chi connectivity index (χ4v) is 1.16. The Bertz CT molecular complexity index is 198. The zero-order valence-electron chi connectivity index (χ0n) is 10.9. The number of aliphatic imine (C=N–C) groups is 1. The van der Waals surface area contributed by atoms with E-state index in [9.17, 15) is 0 Å². The number of hydrogen-bond acceptors (Lipinski definition) is 4. The van der Waals surface area contributed by atoms with E-state index in [1.54, 1.807) is 0 Å². The molecule has 0 aromatic carbocycles. The van der Waals surface area contributed by atoms with Crippen molar-refractivity contribution in [2.24, 2.45) is 4.99 Å². The van der Waals surface area contributed by atoms with E-state index in [1.807, 2.05) is 13.8 Å². The Morgan fingerprint density at radius 3 is 2.69 bits per heavy atom. The van der Waals surface area contributed by atoms with Crippen LogP contribution < -0.4 is 5.32 Å². The summed E-state index contributed by atoms with van der Waals surface area (Å²) in [5, 5.41) is 3.12. The summed E-state index contributed by atoms with van der Waals surface area (Å²) < 4.78 is 5.60. The van der Waals surface area contributed by atoms with Gasteiger partial charge in [0.1, 0.15) is 6.10 Å². The summed E-state index contributed by atoms with van der Waals surface area (Å²) in [5.41, 5.74) is 0. The van der Waals surface area contributed by atoms with E-state index in [0.29, 0.717) is 11.8 Å². The average Bonchev–Trinajstić information content (AvgIpc) is 2.24. The van der Waals surface area contributed by atoms with Crippen molar-refractivity contribution < 1.29 is 4.74 Å². The highest BCUT2D eigenvalue weighted by molar-refractivity contribution is 7.80. The van der Waals surface area contributed by atoms with E-state index >= 15 is 0 Å². The van der Waals surface area contributed by atoms with Crippen LogP contribution in [0.5, 0.6) is 0 Å². The van der Waals surface area contributed by atoms with E-state index < -0.39 is 0 Å². The maximum absolute atomic E-state index is 5.60. The first-order valence-electron chi connectivity index (χ1n) is 5.80. The number of hydrogen-bond donors (Lipinski definition) is 2. The van der Waals surface area contributed by atoms with Gasteiger partial charge in [0.25, 0.3) is 6.02 Å². The molecule has 0 aliphatic carbocycles. The van der Waals surface area contributed by atoms with Crippen molar-refractivity contribution >= 4 is 18.7 Å². The van der Waals surface area contributed by atoms with Crippen molar-refractivity contribution in [3.63, 3.8) is 0 Å². The molecule has 16 heavy (non-hydrogen) atoms. The molecule has 0 aromatic rings. The molecule has 1 unspecified atom stereocenters. The minimum atomic E-state index is 0.0926. The Morgan fingerprint density at radius 2 is 2.19 bits per heavy atom. The van der Waals surface area contributed by atoms with Crippen LogP contribution in [0.25, 0.3) is 0 Å². The molecule has 5 heteroatoms. The van der Waals surface area contributed by atoms with Gasteiger partial charge in [-0.2, -0.15) is 12.6 Å². The molecule has 0 heterocycles. The number of thiol groups is 1. The molecule has 0 aliphatic heterocycles. The summed E-state index contributed by atoms with van der Waals surface area (Å²) in [4.78, 5) is 6.55. The van der Waals surface area contributed by atoms with Crippen molar-refractivity contribution in [3.8, 4) is 0 Å². The molecule has 1 atom stereocenters. The third-order valence-electron chi connectivity index (χ3n) is 1.92. The second-order valence-electron chi connectivity index (χ2n) is 3.99. The maximum atomic E-state index is 5.60. The number of rotatable bonds is 7. The lowest BCUT2D eigenvalue weighted by Crippen LogP contribution is -2.30. The number of nitrogens with zero attached hydrogens (tertiary/aromatic N) is 2. The lowest BCUT2D eigenvalue weighted by atomic mass is 10.4. The highest BCUT2D eigenvalue weighted by Crippen LogP contribution is 1.95. The van der Waals surface area contributed by atoms with Crippen LogP contribution in [0, 0.1) is 0 Å². The fraction of sp³-hybridized carbons (Fsp3) is 0.909. The smallest absolute Gasteiger partial charge is 0.284 e. The Morgan fingerprint density at radius 1 is 1.50 bits per heavy atom. The average molecular weight is 247 g/mol. The molecule has 0 amide bonds. The van der Waals surface area contributed by atoms with Gasteiger partial charge >= 0.3 is 0 Å². The van der Waals surface area contributed by atoms with Gasteiger partial charge in [0.2, 0.25) is 0 Å². The maximum Gasteiger partial charge on any atom is 0.284 e. The van der Waals surface area contributed by atoms with E-state index in [0.717, 1.165) is 26.1 Å². The van der Waals surface area contributed by atoms with Crippen molar-refractivity contribution in [3.05, 3.63) is 0 Å². The summed E-state index contributed by atoms with van der Waals surface area (Å²) in [6, 6.07) is 0.641. The van der Waals surface area contributed by atoms with Gasteiger partial charge in [-0.05, 0) is 40.9 Å². The van der Waals surface area contributed by atoms with Gasteiger partial charge in [0, 0.05) is 18.8 Å². The molecule has 0 spiro atoms. The summed E-state index contributed by atoms with van der Waals surface area (Å²) in [7, 11) is 4.13. The number of amidine groups is 1. The van der Waals surface area contributed by atoms with E-state index in [2.05, 4.69) is 41.9 Å². The zero-order chi connectivity index (χ0) is 12.4. The van der Waals surface area contributed by atoms with Gasteiger partial charge < -0.3 is 15.0 Å². The lowest BCUT2D eigenvalue weighted by molar-refractivity contribution is 0.220. The lowest BCUT2D eigenvalue weighted by Gasteiger charge is -2.15. The van der Waals surface area contributed by atoms with Gasteiger partial charge in [-0.15, -0.1) is 0 Å². The molecule has 0 fully saturated rings. The van der Waals surface area contributed by atoms with Gasteiger partial charge in [-0.1, -0.05) is 0 Å². The molecule has 0 rings (SSSR count). The SMILES string of the molecule is CCN/C(=N/CCCN(C)C)OC(C)CS. The third kappa shape index (κ3) is 8.85. The highest BCUT2D eigenvalue weighted by Gasteiger charge is 2.04. The first kappa shape index (κ1) is 15.6. The minimum Gasteiger partial charge on any atom is -0.461 e. The second-order valence-corrected chi connectivity index (χ2v) is 4.35. The topological polar surface area (TPSA) is 36.9 Å². The van der Waals surface area contributed by atoms with E-state index in [1.165, 1.54) is 0 Å². The van der Waals surface area contributed by atoms with E-state index in [4.69, 9.17) is 4.74 Å². The summed E-state index contributed by atoms with van der Waals surface area (Å²) in [6.07, 6.45) is 1.13. The van der Waals surface area contributed by atoms with Crippen LogP contribution in [0.2, 0.25) is 0 Å². The molecule has 4 nitrogen and oxygen atoms in total. The van der Waals surface area contributed by atoms with Crippen LogP contribution in [-0.4, -0.2) is 56.5 Å². The van der Waals surface area contributed by atoms with Crippen LogP contribution in [0.3, 0.4) is 0 Å². The Balaban J connectivity index is 3.93. The zero-order valence-corrected chi connectivity index (χ0v) is 11.8. The van der Waals surface area contributed by atoms with Crippen LogP contribution in [0.15, 0.2) is 4.99 Å². The van der Waals surface area contributed by atoms with Crippen molar-refractivity contribution in [1.29, 1.82) is 0 Å². The van der Waals surface area contributed by atoms with E-state index in [-0.39, 0.29) is 6.10 Å². The molecule has 0 saturated carbocycles. The summed E-state index contributed by atoms with van der Waals surface area (Å²) in [5.74, 6) is 0.697. The molecule has 0 bridgehead atoms. The number of nitrogens with one attached hydrogen (secondary N) is 1. The molecule has 0 radical (unpaired) electrons. The predicted octanol–water partition coefficient (Wildman–Crippen LogP) is 1.24. The predicted molar refractivity (Wildman–Crippen MR) is 73.5 cm³/mol. The standard InChI is InChI=1S/C11H25N3OS/c1-5-12-11(15-10(2)9-16)13-7-6-8-14(3)4/h10,16H,5-9H2,1-4H3,(H,12,13). The molecular weight excluding hydrogens is 222 g/mol. The van der Waals surface area contributed by atoms with Crippen LogP contribution in [0.4, 0.5) is 0 Å². The first-order chi connectivity index (χ1) is 7.60. The quantitative estimate of drug-likeness (QED) is 0.308. The van der Waals surface area contributed by atoms with Crippen LogP contribution in [-0.2, 0) is 4.74 Å². The van der Waals surface area contributed by atoms with Gasteiger partial charge in [0.05, 0.1) is 0 Å².